The lowest BCUT2D eigenvalue weighted by Gasteiger charge is -2.04. The molecule has 2 rings (SSSR count). The third-order valence-corrected chi connectivity index (χ3v) is 3.13. The van der Waals surface area contributed by atoms with E-state index in [0.29, 0.717) is 18.1 Å². The Hall–Kier alpha value is -0.610. The Balaban J connectivity index is 1.98. The minimum absolute atomic E-state index is 0.0931. The fourth-order valence-electron chi connectivity index (χ4n) is 1.74. The Kier molecular flexibility index (Phi) is 3.03. The summed E-state index contributed by atoms with van der Waals surface area (Å²) in [6, 6.07) is 1.75. The number of ketones is 1. The van der Waals surface area contributed by atoms with Gasteiger partial charge < -0.3 is 9.73 Å². The molecule has 0 aliphatic carbocycles. The Morgan fingerprint density at radius 3 is 3.14 bits per heavy atom. The zero-order valence-electron chi connectivity index (χ0n) is 7.75. The first-order valence-electron chi connectivity index (χ1n) is 4.74. The first-order valence-corrected chi connectivity index (χ1v) is 5.53. The number of carbonyl (C=O) groups excluding carboxylic acids is 1. The van der Waals surface area contributed by atoms with Gasteiger partial charge in [0.25, 0.3) is 0 Å². The minimum atomic E-state index is 0.0931. The van der Waals surface area contributed by atoms with Crippen LogP contribution in [0.3, 0.4) is 0 Å². The third-order valence-electron chi connectivity index (χ3n) is 2.51. The van der Waals surface area contributed by atoms with Crippen molar-refractivity contribution in [2.45, 2.75) is 12.8 Å². The van der Waals surface area contributed by atoms with Crippen LogP contribution in [0.1, 0.15) is 23.4 Å². The number of Topliss-reactive ketones (excluding diaryl/α,β-unsaturated/α-hetero) is 1. The third kappa shape index (κ3) is 2.07. The van der Waals surface area contributed by atoms with Gasteiger partial charge in [-0.05, 0) is 47.4 Å². The molecule has 1 aliphatic rings. The lowest BCUT2D eigenvalue weighted by atomic mass is 10.0. The molecule has 1 fully saturated rings. The SMILES string of the molecule is O=C(CC1CCNC1)c1occc1Br. The quantitative estimate of drug-likeness (QED) is 0.845. The number of rotatable bonds is 3. The van der Waals surface area contributed by atoms with E-state index >= 15 is 0 Å². The van der Waals surface area contributed by atoms with Crippen LogP contribution < -0.4 is 5.32 Å². The van der Waals surface area contributed by atoms with Crippen molar-refractivity contribution in [3.63, 3.8) is 0 Å². The van der Waals surface area contributed by atoms with Gasteiger partial charge in [-0.1, -0.05) is 0 Å². The van der Waals surface area contributed by atoms with E-state index in [1.807, 2.05) is 0 Å². The van der Waals surface area contributed by atoms with Gasteiger partial charge in [0.15, 0.2) is 11.5 Å². The molecule has 3 nitrogen and oxygen atoms in total. The van der Waals surface area contributed by atoms with Crippen LogP contribution in [0.25, 0.3) is 0 Å². The molecule has 0 radical (unpaired) electrons. The van der Waals surface area contributed by atoms with Gasteiger partial charge in [0.05, 0.1) is 10.7 Å². The van der Waals surface area contributed by atoms with Crippen LogP contribution in [0.2, 0.25) is 0 Å². The number of carbonyl (C=O) groups is 1. The van der Waals surface area contributed by atoms with E-state index in [9.17, 15) is 4.79 Å². The molecule has 2 heterocycles. The Labute approximate surface area is 91.0 Å². The maximum absolute atomic E-state index is 11.7. The predicted octanol–water partition coefficient (Wildman–Crippen LogP) is 2.22. The maximum Gasteiger partial charge on any atom is 0.199 e. The predicted molar refractivity (Wildman–Crippen MR) is 56.3 cm³/mol. The molecule has 0 saturated carbocycles. The molecule has 14 heavy (non-hydrogen) atoms. The average Bonchev–Trinajstić information content (AvgIpc) is 2.75. The zero-order valence-corrected chi connectivity index (χ0v) is 9.34. The minimum Gasteiger partial charge on any atom is -0.460 e. The normalized spacial score (nSPS) is 21.4. The molecule has 1 aliphatic heterocycles. The van der Waals surface area contributed by atoms with E-state index < -0.39 is 0 Å². The summed E-state index contributed by atoms with van der Waals surface area (Å²) in [6.45, 7) is 1.97. The molecule has 0 amide bonds. The standard InChI is InChI=1S/C10H12BrNO2/c11-8-2-4-14-10(8)9(13)5-7-1-3-12-6-7/h2,4,7,12H,1,3,5-6H2. The van der Waals surface area contributed by atoms with E-state index in [2.05, 4.69) is 21.2 Å². The monoisotopic (exact) mass is 257 g/mol. The van der Waals surface area contributed by atoms with Crippen molar-refractivity contribution in [1.29, 1.82) is 0 Å². The van der Waals surface area contributed by atoms with E-state index in [1.165, 1.54) is 6.26 Å². The number of hydrogen-bond donors (Lipinski definition) is 1. The summed E-state index contributed by atoms with van der Waals surface area (Å²) >= 11 is 3.29. The highest BCUT2D eigenvalue weighted by molar-refractivity contribution is 9.10. The summed E-state index contributed by atoms with van der Waals surface area (Å²) in [5.74, 6) is 1.02. The molecular formula is C10H12BrNO2. The number of furan rings is 1. The van der Waals surface area contributed by atoms with Gasteiger partial charge in [0.2, 0.25) is 0 Å². The van der Waals surface area contributed by atoms with Crippen LogP contribution >= 0.6 is 15.9 Å². The second kappa shape index (κ2) is 4.28. The van der Waals surface area contributed by atoms with Gasteiger partial charge in [-0.3, -0.25) is 4.79 Å². The smallest absolute Gasteiger partial charge is 0.199 e. The van der Waals surface area contributed by atoms with Crippen molar-refractivity contribution in [2.24, 2.45) is 5.92 Å². The van der Waals surface area contributed by atoms with Crippen molar-refractivity contribution < 1.29 is 9.21 Å². The molecule has 0 aromatic carbocycles. The van der Waals surface area contributed by atoms with Gasteiger partial charge in [-0.2, -0.15) is 0 Å². The summed E-state index contributed by atoms with van der Waals surface area (Å²) in [5, 5.41) is 3.24. The van der Waals surface area contributed by atoms with E-state index in [-0.39, 0.29) is 5.78 Å². The summed E-state index contributed by atoms with van der Waals surface area (Å²) in [4.78, 5) is 11.7. The van der Waals surface area contributed by atoms with Gasteiger partial charge in [-0.15, -0.1) is 0 Å². The molecule has 1 N–H and O–H groups in total. The summed E-state index contributed by atoms with van der Waals surface area (Å²) in [6.07, 6.45) is 3.20. The Morgan fingerprint density at radius 1 is 1.71 bits per heavy atom. The van der Waals surface area contributed by atoms with Crippen molar-refractivity contribution >= 4 is 21.7 Å². The molecule has 1 atom stereocenters. The van der Waals surface area contributed by atoms with Crippen LogP contribution in [0.4, 0.5) is 0 Å². The van der Waals surface area contributed by atoms with Crippen molar-refractivity contribution in [3.05, 3.63) is 22.6 Å². The van der Waals surface area contributed by atoms with E-state index in [1.54, 1.807) is 6.07 Å². The number of halogens is 1. The van der Waals surface area contributed by atoms with Crippen LogP contribution in [0, 0.1) is 5.92 Å². The molecule has 4 heteroatoms. The van der Waals surface area contributed by atoms with Crippen molar-refractivity contribution in [3.8, 4) is 0 Å². The zero-order chi connectivity index (χ0) is 9.97. The Morgan fingerprint density at radius 2 is 2.57 bits per heavy atom. The van der Waals surface area contributed by atoms with Crippen LogP contribution in [0.15, 0.2) is 21.2 Å². The lowest BCUT2D eigenvalue weighted by molar-refractivity contribution is 0.0936. The summed E-state index contributed by atoms with van der Waals surface area (Å²) in [7, 11) is 0. The van der Waals surface area contributed by atoms with Gasteiger partial charge >= 0.3 is 0 Å². The Bertz CT molecular complexity index is 329. The first kappa shape index (κ1) is 9.93. The highest BCUT2D eigenvalue weighted by Crippen LogP contribution is 2.22. The largest absolute Gasteiger partial charge is 0.460 e. The molecule has 76 valence electrons. The van der Waals surface area contributed by atoms with E-state index in [4.69, 9.17) is 4.42 Å². The van der Waals surface area contributed by atoms with E-state index in [0.717, 1.165) is 24.0 Å². The summed E-state index contributed by atoms with van der Waals surface area (Å²) in [5.41, 5.74) is 0. The number of hydrogen-bond acceptors (Lipinski definition) is 3. The molecule has 0 bridgehead atoms. The van der Waals surface area contributed by atoms with Crippen LogP contribution in [0.5, 0.6) is 0 Å². The van der Waals surface area contributed by atoms with Gasteiger partial charge in [0.1, 0.15) is 0 Å². The second-order valence-corrected chi connectivity index (χ2v) is 4.44. The van der Waals surface area contributed by atoms with Crippen molar-refractivity contribution in [1.82, 2.24) is 5.32 Å². The van der Waals surface area contributed by atoms with Gasteiger partial charge in [0, 0.05) is 6.42 Å². The molecule has 1 unspecified atom stereocenters. The molecule has 1 aromatic rings. The average molecular weight is 258 g/mol. The molecule has 1 aromatic heterocycles. The van der Waals surface area contributed by atoms with Gasteiger partial charge in [-0.25, -0.2) is 0 Å². The van der Waals surface area contributed by atoms with Crippen molar-refractivity contribution in [2.75, 3.05) is 13.1 Å². The maximum atomic E-state index is 11.7. The summed E-state index contributed by atoms with van der Waals surface area (Å²) < 4.78 is 5.88. The highest BCUT2D eigenvalue weighted by atomic mass is 79.9. The van der Waals surface area contributed by atoms with Crippen LogP contribution in [-0.4, -0.2) is 18.9 Å². The lowest BCUT2D eigenvalue weighted by Crippen LogP contribution is -2.12. The molecule has 0 spiro atoms. The molecule has 1 saturated heterocycles. The highest BCUT2D eigenvalue weighted by Gasteiger charge is 2.21. The molecular weight excluding hydrogens is 246 g/mol. The number of nitrogens with one attached hydrogen (secondary N) is 1. The topological polar surface area (TPSA) is 42.2 Å². The van der Waals surface area contributed by atoms with Crippen LogP contribution in [-0.2, 0) is 0 Å². The fourth-order valence-corrected chi connectivity index (χ4v) is 2.16. The first-order chi connectivity index (χ1) is 6.77. The fraction of sp³-hybridized carbons (Fsp3) is 0.500. The second-order valence-electron chi connectivity index (χ2n) is 3.58.